The third kappa shape index (κ3) is 3.07. The van der Waals surface area contributed by atoms with E-state index in [1.54, 1.807) is 4.52 Å². The second kappa shape index (κ2) is 6.51. The van der Waals surface area contributed by atoms with Crippen molar-refractivity contribution >= 4 is 11.7 Å². The van der Waals surface area contributed by atoms with Crippen LogP contribution in [-0.2, 0) is 11.2 Å². The molecule has 0 saturated carbocycles. The third-order valence-corrected chi connectivity index (χ3v) is 4.78. The van der Waals surface area contributed by atoms with Gasteiger partial charge in [0, 0.05) is 24.0 Å². The Morgan fingerprint density at radius 2 is 2.08 bits per heavy atom. The summed E-state index contributed by atoms with van der Waals surface area (Å²) in [5.41, 5.74) is 2.66. The lowest BCUT2D eigenvalue weighted by molar-refractivity contribution is -0.134. The number of carbonyl (C=O) groups is 1. The fourth-order valence-corrected chi connectivity index (χ4v) is 3.60. The molecule has 8 heteroatoms. The number of hydrogen-bond acceptors (Lipinski definition) is 6. The highest BCUT2D eigenvalue weighted by Crippen LogP contribution is 2.31. The number of piperidine rings is 1. The predicted molar refractivity (Wildman–Crippen MR) is 93.5 cm³/mol. The molecule has 3 aromatic rings. The van der Waals surface area contributed by atoms with Crippen molar-refractivity contribution in [3.63, 3.8) is 0 Å². The molecule has 1 atom stereocenters. The lowest BCUT2D eigenvalue weighted by Gasteiger charge is -2.34. The molecule has 0 N–H and O–H groups in total. The van der Waals surface area contributed by atoms with Gasteiger partial charge >= 0.3 is 0 Å². The van der Waals surface area contributed by atoms with Crippen molar-refractivity contribution in [2.24, 2.45) is 0 Å². The van der Waals surface area contributed by atoms with E-state index in [0.29, 0.717) is 11.6 Å². The Labute approximate surface area is 151 Å². The molecule has 0 unspecified atom stereocenters. The topological polar surface area (TPSA) is 89.4 Å². The molecule has 4 rings (SSSR count). The number of nitrogens with zero attached hydrogens (tertiary/aromatic N) is 6. The van der Waals surface area contributed by atoms with Crippen LogP contribution in [0, 0.1) is 20.8 Å². The van der Waals surface area contributed by atoms with Crippen molar-refractivity contribution in [1.82, 2.24) is 29.6 Å². The van der Waals surface area contributed by atoms with E-state index in [1.165, 1.54) is 0 Å². The predicted octanol–water partition coefficient (Wildman–Crippen LogP) is 2.33. The van der Waals surface area contributed by atoms with Crippen molar-refractivity contribution in [2.45, 2.75) is 52.5 Å². The van der Waals surface area contributed by atoms with Gasteiger partial charge in [-0.3, -0.25) is 4.79 Å². The average molecular weight is 354 g/mol. The van der Waals surface area contributed by atoms with Crippen molar-refractivity contribution in [3.8, 4) is 0 Å². The van der Waals surface area contributed by atoms with Gasteiger partial charge in [0.05, 0.1) is 12.5 Å². The number of hydrogen-bond donors (Lipinski definition) is 0. The van der Waals surface area contributed by atoms with Crippen LogP contribution in [0.5, 0.6) is 0 Å². The molecule has 1 fully saturated rings. The first kappa shape index (κ1) is 16.7. The minimum Gasteiger partial charge on any atom is -0.361 e. The highest BCUT2D eigenvalue weighted by atomic mass is 16.5. The maximum absolute atomic E-state index is 12.9. The monoisotopic (exact) mass is 354 g/mol. The van der Waals surface area contributed by atoms with E-state index in [-0.39, 0.29) is 18.4 Å². The van der Waals surface area contributed by atoms with Gasteiger partial charge in [0.2, 0.25) is 5.91 Å². The molecule has 8 nitrogen and oxygen atoms in total. The summed E-state index contributed by atoms with van der Waals surface area (Å²) in [5.74, 6) is 1.81. The van der Waals surface area contributed by atoms with Crippen LogP contribution in [0.25, 0.3) is 5.78 Å². The molecule has 136 valence electrons. The van der Waals surface area contributed by atoms with Gasteiger partial charge in [-0.1, -0.05) is 5.16 Å². The van der Waals surface area contributed by atoms with Gasteiger partial charge in [-0.25, -0.2) is 9.50 Å². The van der Waals surface area contributed by atoms with Crippen LogP contribution in [0.2, 0.25) is 0 Å². The van der Waals surface area contributed by atoms with Gasteiger partial charge in [0.1, 0.15) is 11.5 Å². The van der Waals surface area contributed by atoms with Crippen LogP contribution in [-0.4, -0.2) is 42.1 Å². The van der Waals surface area contributed by atoms with Gasteiger partial charge in [-0.2, -0.15) is 4.98 Å². The second-order valence-electron chi connectivity index (χ2n) is 6.92. The summed E-state index contributed by atoms with van der Waals surface area (Å²) in [4.78, 5) is 23.6. The largest absolute Gasteiger partial charge is 0.361 e. The fourth-order valence-electron chi connectivity index (χ4n) is 3.60. The summed E-state index contributed by atoms with van der Waals surface area (Å²) in [6.45, 7) is 6.46. The van der Waals surface area contributed by atoms with Crippen LogP contribution in [0.15, 0.2) is 16.7 Å². The van der Waals surface area contributed by atoms with Crippen molar-refractivity contribution in [2.75, 3.05) is 6.54 Å². The van der Waals surface area contributed by atoms with Crippen LogP contribution < -0.4 is 0 Å². The fraction of sp³-hybridized carbons (Fsp3) is 0.500. The molecule has 1 saturated heterocycles. The third-order valence-electron chi connectivity index (χ3n) is 4.78. The van der Waals surface area contributed by atoms with Crippen LogP contribution in [0.4, 0.5) is 0 Å². The zero-order chi connectivity index (χ0) is 18.3. The molecule has 3 aromatic heterocycles. The molecule has 0 aromatic carbocycles. The molecule has 1 aliphatic heterocycles. The van der Waals surface area contributed by atoms with Crippen molar-refractivity contribution in [1.29, 1.82) is 0 Å². The molecule has 0 spiro atoms. The summed E-state index contributed by atoms with van der Waals surface area (Å²) in [7, 11) is 0. The number of fused-ring (bicyclic) bond motifs is 1. The van der Waals surface area contributed by atoms with E-state index < -0.39 is 0 Å². The lowest BCUT2D eigenvalue weighted by atomic mass is 9.98. The van der Waals surface area contributed by atoms with Gasteiger partial charge in [-0.15, -0.1) is 5.10 Å². The smallest absolute Gasteiger partial charge is 0.252 e. The molecule has 0 radical (unpaired) electrons. The number of rotatable bonds is 3. The molecular formula is C18H22N6O2. The van der Waals surface area contributed by atoms with E-state index in [0.717, 1.165) is 48.6 Å². The molecule has 1 aliphatic rings. The second-order valence-corrected chi connectivity index (χ2v) is 6.92. The Morgan fingerprint density at radius 1 is 1.23 bits per heavy atom. The maximum Gasteiger partial charge on any atom is 0.252 e. The Bertz CT molecular complexity index is 960. The minimum absolute atomic E-state index is 0.0145. The first-order valence-electron chi connectivity index (χ1n) is 8.94. The van der Waals surface area contributed by atoms with Gasteiger partial charge < -0.3 is 9.42 Å². The Hall–Kier alpha value is -2.77. The zero-order valence-electron chi connectivity index (χ0n) is 15.3. The van der Waals surface area contributed by atoms with Crippen LogP contribution in [0.1, 0.15) is 54.0 Å². The SMILES string of the molecule is Cc1cc(C)n2nc(CC(=O)N3CCCC[C@H]3c3cc(C)on3)nc2n1. The lowest BCUT2D eigenvalue weighted by Crippen LogP contribution is -2.39. The minimum atomic E-state index is -0.0344. The Morgan fingerprint density at radius 3 is 2.85 bits per heavy atom. The van der Waals surface area contributed by atoms with E-state index in [4.69, 9.17) is 4.52 Å². The zero-order valence-corrected chi connectivity index (χ0v) is 15.3. The molecule has 26 heavy (non-hydrogen) atoms. The Balaban J connectivity index is 1.57. The summed E-state index contributed by atoms with van der Waals surface area (Å²) >= 11 is 0. The van der Waals surface area contributed by atoms with Gasteiger partial charge in [0.25, 0.3) is 5.78 Å². The number of amides is 1. The van der Waals surface area contributed by atoms with E-state index in [9.17, 15) is 4.79 Å². The summed E-state index contributed by atoms with van der Waals surface area (Å²) in [6, 6.07) is 3.82. The quantitative estimate of drug-likeness (QED) is 0.717. The molecule has 4 heterocycles. The van der Waals surface area contributed by atoms with Crippen LogP contribution >= 0.6 is 0 Å². The molecular weight excluding hydrogens is 332 g/mol. The molecule has 1 amide bonds. The Kier molecular flexibility index (Phi) is 4.18. The first-order chi connectivity index (χ1) is 12.5. The van der Waals surface area contributed by atoms with Crippen molar-refractivity contribution in [3.05, 3.63) is 40.8 Å². The van der Waals surface area contributed by atoms with Gasteiger partial charge in [-0.05, 0) is 46.1 Å². The number of carbonyl (C=O) groups excluding carboxylic acids is 1. The average Bonchev–Trinajstić information content (AvgIpc) is 3.21. The van der Waals surface area contributed by atoms with E-state index >= 15 is 0 Å². The number of aromatic nitrogens is 5. The summed E-state index contributed by atoms with van der Waals surface area (Å²) in [5, 5.41) is 8.57. The number of aryl methyl sites for hydroxylation is 3. The summed E-state index contributed by atoms with van der Waals surface area (Å²) < 4.78 is 6.89. The number of likely N-dealkylation sites (tertiary alicyclic amines) is 1. The standard InChI is InChI=1S/C18H22N6O2/c1-11-8-12(2)24-18(19-11)20-16(21-24)10-17(25)23-7-5-4-6-15(23)14-9-13(3)26-22-14/h8-9,15H,4-7,10H2,1-3H3/t15-/m0/s1. The molecule has 0 bridgehead atoms. The van der Waals surface area contributed by atoms with E-state index in [1.807, 2.05) is 37.8 Å². The van der Waals surface area contributed by atoms with Gasteiger partial charge in [0.15, 0.2) is 5.82 Å². The maximum atomic E-state index is 12.9. The normalized spacial score (nSPS) is 17.8. The highest BCUT2D eigenvalue weighted by Gasteiger charge is 2.30. The highest BCUT2D eigenvalue weighted by molar-refractivity contribution is 5.78. The van der Waals surface area contributed by atoms with E-state index in [2.05, 4.69) is 20.2 Å². The van der Waals surface area contributed by atoms with Crippen molar-refractivity contribution < 1.29 is 9.32 Å². The summed E-state index contributed by atoms with van der Waals surface area (Å²) in [6.07, 6.45) is 3.14. The molecule has 0 aliphatic carbocycles. The van der Waals surface area contributed by atoms with Crippen LogP contribution in [0.3, 0.4) is 0 Å². The first-order valence-corrected chi connectivity index (χ1v) is 8.94.